The highest BCUT2D eigenvalue weighted by Crippen LogP contribution is 2.35. The monoisotopic (exact) mass is 519 g/mol. The topological polar surface area (TPSA) is 106 Å². The molecule has 3 N–H and O–H groups in total. The van der Waals surface area contributed by atoms with Crippen molar-refractivity contribution >= 4 is 39.9 Å². The maximum atomic E-state index is 12.7. The lowest BCUT2D eigenvalue weighted by molar-refractivity contribution is 0.0938. The van der Waals surface area contributed by atoms with E-state index in [0.29, 0.717) is 51.7 Å². The predicted octanol–water partition coefficient (Wildman–Crippen LogP) is 5.03. The van der Waals surface area contributed by atoms with Gasteiger partial charge < -0.3 is 15.4 Å². The molecule has 8 nitrogen and oxygen atoms in total. The Balaban J connectivity index is 1.35. The number of nitrogens with two attached hydrogens (primary N) is 1. The van der Waals surface area contributed by atoms with Crippen molar-refractivity contribution in [1.29, 1.82) is 0 Å². The van der Waals surface area contributed by atoms with Gasteiger partial charge in [0.05, 0.1) is 21.1 Å². The van der Waals surface area contributed by atoms with E-state index in [2.05, 4.69) is 25.4 Å². The average Bonchev–Trinajstić information content (AvgIpc) is 3.20. The van der Waals surface area contributed by atoms with Crippen LogP contribution in [0.25, 0.3) is 22.3 Å². The molecule has 0 unspecified atom stereocenters. The van der Waals surface area contributed by atoms with Crippen LogP contribution in [0.1, 0.15) is 25.0 Å². The van der Waals surface area contributed by atoms with E-state index in [1.807, 2.05) is 30.0 Å². The average molecular weight is 520 g/mol. The molecule has 4 heterocycles. The van der Waals surface area contributed by atoms with Gasteiger partial charge in [0, 0.05) is 42.9 Å². The van der Waals surface area contributed by atoms with E-state index in [1.165, 1.54) is 12.4 Å². The fraction of sp³-hybridized carbons (Fsp3) is 0.304. The van der Waals surface area contributed by atoms with Gasteiger partial charge in [-0.3, -0.25) is 10.1 Å². The van der Waals surface area contributed by atoms with Crippen molar-refractivity contribution in [1.82, 2.24) is 25.4 Å². The number of nitrogens with one attached hydrogen (secondary N) is 1. The molecule has 3 aromatic heterocycles. The first-order valence-electron chi connectivity index (χ1n) is 10.8. The summed E-state index contributed by atoms with van der Waals surface area (Å²) in [5.41, 5.74) is 7.70. The van der Waals surface area contributed by atoms with Gasteiger partial charge in [-0.05, 0) is 37.3 Å². The van der Waals surface area contributed by atoms with Crippen LogP contribution in [0.3, 0.4) is 0 Å². The number of aromatic amines is 1. The Hall–Kier alpha value is -3.08. The molecule has 0 saturated carbocycles. The normalized spacial score (nSPS) is 15.9. The molecular weight excluding hydrogens is 499 g/mol. The van der Waals surface area contributed by atoms with Gasteiger partial charge in [-0.15, -0.1) is 10.2 Å². The summed E-state index contributed by atoms with van der Waals surface area (Å²) < 4.78 is 31.5. The first-order valence-corrected chi connectivity index (χ1v) is 11.6. The van der Waals surface area contributed by atoms with Crippen molar-refractivity contribution in [3.05, 3.63) is 58.3 Å². The van der Waals surface area contributed by atoms with Gasteiger partial charge in [0.25, 0.3) is 0 Å². The van der Waals surface area contributed by atoms with Crippen LogP contribution in [0.4, 0.5) is 14.6 Å². The molecule has 182 valence electrons. The second-order valence-electron chi connectivity index (χ2n) is 8.65. The Morgan fingerprint density at radius 1 is 1.14 bits per heavy atom. The fourth-order valence-corrected chi connectivity index (χ4v) is 4.94. The molecule has 5 rings (SSSR count). The molecule has 4 aromatic rings. The first-order chi connectivity index (χ1) is 16.7. The summed E-state index contributed by atoms with van der Waals surface area (Å²) in [7, 11) is 0. The van der Waals surface area contributed by atoms with E-state index >= 15 is 0 Å². The zero-order valence-corrected chi connectivity index (χ0v) is 20.1. The summed E-state index contributed by atoms with van der Waals surface area (Å²) in [6.45, 7) is 2.47. The summed E-state index contributed by atoms with van der Waals surface area (Å²) in [4.78, 5) is 5.80. The van der Waals surface area contributed by atoms with Crippen molar-refractivity contribution < 1.29 is 13.5 Å². The van der Waals surface area contributed by atoms with Gasteiger partial charge in [-0.1, -0.05) is 23.2 Å². The Morgan fingerprint density at radius 2 is 1.89 bits per heavy atom. The molecule has 0 radical (unpaired) electrons. The number of anilines is 1. The van der Waals surface area contributed by atoms with Crippen molar-refractivity contribution in [2.24, 2.45) is 5.73 Å². The van der Waals surface area contributed by atoms with Gasteiger partial charge in [-0.2, -0.15) is 5.10 Å². The molecular formula is C23H21Cl2F2N7O. The Morgan fingerprint density at radius 3 is 2.54 bits per heavy atom. The second kappa shape index (κ2) is 9.18. The van der Waals surface area contributed by atoms with Gasteiger partial charge in [0.1, 0.15) is 23.2 Å². The Kier molecular flexibility index (Phi) is 6.20. The number of nitrogens with zero attached hydrogens (tertiary/aromatic N) is 5. The Bertz CT molecular complexity index is 1340. The van der Waals surface area contributed by atoms with Gasteiger partial charge in [0.2, 0.25) is 6.43 Å². The van der Waals surface area contributed by atoms with Crippen LogP contribution in [0.5, 0.6) is 5.75 Å². The highest BCUT2D eigenvalue weighted by atomic mass is 35.5. The van der Waals surface area contributed by atoms with Crippen LogP contribution in [0.2, 0.25) is 10.0 Å². The van der Waals surface area contributed by atoms with Crippen molar-refractivity contribution in [3.63, 3.8) is 0 Å². The molecule has 1 saturated heterocycles. The van der Waals surface area contributed by atoms with E-state index in [-0.39, 0.29) is 6.42 Å². The molecule has 12 heteroatoms. The van der Waals surface area contributed by atoms with E-state index in [9.17, 15) is 8.78 Å². The largest absolute Gasteiger partial charge is 0.486 e. The third-order valence-electron chi connectivity index (χ3n) is 5.93. The van der Waals surface area contributed by atoms with Crippen LogP contribution < -0.4 is 15.4 Å². The number of hydrogen-bond acceptors (Lipinski definition) is 7. The highest BCUT2D eigenvalue weighted by Gasteiger charge is 2.42. The summed E-state index contributed by atoms with van der Waals surface area (Å²) in [5.74, 6) is 1.17. The molecule has 1 aliphatic rings. The second-order valence-corrected chi connectivity index (χ2v) is 9.46. The van der Waals surface area contributed by atoms with Gasteiger partial charge in [0.15, 0.2) is 5.82 Å². The molecule has 0 amide bonds. The lowest BCUT2D eigenvalue weighted by Crippen LogP contribution is -2.68. The van der Waals surface area contributed by atoms with Crippen molar-refractivity contribution in [2.75, 3.05) is 18.0 Å². The predicted molar refractivity (Wildman–Crippen MR) is 130 cm³/mol. The summed E-state index contributed by atoms with van der Waals surface area (Å²) >= 11 is 12.5. The minimum absolute atomic E-state index is 0.307. The van der Waals surface area contributed by atoms with Crippen LogP contribution >= 0.6 is 23.2 Å². The molecule has 1 fully saturated rings. The van der Waals surface area contributed by atoms with E-state index in [1.54, 1.807) is 12.1 Å². The standard InChI is InChI=1S/C23H21Cl2F2N7O/c1-12(21-15(24)8-29-9-16(21)25)35-13-2-3-17-14(6-13)22(33-30-17)18-4-5-20(32-31-18)34-10-23(28,11-34)7-19(26)27/h2-6,8-9,12,19H,7,10-11,28H2,1H3,(H,30,33)/t12-/m1/s1. The number of aromatic nitrogens is 5. The van der Waals surface area contributed by atoms with Crippen LogP contribution in [0.15, 0.2) is 42.7 Å². The number of rotatable bonds is 7. The lowest BCUT2D eigenvalue weighted by atomic mass is 9.87. The van der Waals surface area contributed by atoms with E-state index < -0.39 is 18.1 Å². The summed E-state index contributed by atoms with van der Waals surface area (Å²) in [6, 6.07) is 9.09. The molecule has 0 bridgehead atoms. The number of benzene rings is 1. The van der Waals surface area contributed by atoms with Gasteiger partial charge in [-0.25, -0.2) is 8.78 Å². The van der Waals surface area contributed by atoms with Crippen LogP contribution in [-0.4, -0.2) is 50.4 Å². The third kappa shape index (κ3) is 4.73. The first kappa shape index (κ1) is 23.7. The van der Waals surface area contributed by atoms with E-state index in [4.69, 9.17) is 33.7 Å². The number of H-pyrrole nitrogens is 1. The smallest absolute Gasteiger partial charge is 0.240 e. The molecule has 1 atom stereocenters. The lowest BCUT2D eigenvalue weighted by Gasteiger charge is -2.48. The third-order valence-corrected chi connectivity index (χ3v) is 6.54. The molecule has 0 spiro atoms. The van der Waals surface area contributed by atoms with Crippen molar-refractivity contribution in [2.45, 2.75) is 31.4 Å². The maximum Gasteiger partial charge on any atom is 0.240 e. The number of hydrogen-bond donors (Lipinski definition) is 2. The number of alkyl halides is 2. The summed E-state index contributed by atoms with van der Waals surface area (Å²) in [6.07, 6.45) is -0.138. The fourth-order valence-electron chi connectivity index (χ4n) is 4.27. The van der Waals surface area contributed by atoms with Gasteiger partial charge >= 0.3 is 0 Å². The maximum absolute atomic E-state index is 12.7. The SMILES string of the molecule is C[C@@H](Oc1ccc2[nH]nc(-c3ccc(N4CC(N)(CC(F)F)C4)nn3)c2c1)c1c(Cl)cncc1Cl. The van der Waals surface area contributed by atoms with E-state index in [0.717, 1.165) is 10.9 Å². The quantitative estimate of drug-likeness (QED) is 0.352. The number of ether oxygens (including phenoxy) is 1. The zero-order chi connectivity index (χ0) is 24.7. The zero-order valence-electron chi connectivity index (χ0n) is 18.6. The number of fused-ring (bicyclic) bond motifs is 1. The van der Waals surface area contributed by atoms with Crippen LogP contribution in [-0.2, 0) is 0 Å². The molecule has 0 aliphatic carbocycles. The Labute approximate surface area is 209 Å². The molecule has 1 aliphatic heterocycles. The number of halogens is 4. The van der Waals surface area contributed by atoms with Crippen molar-refractivity contribution in [3.8, 4) is 17.1 Å². The minimum atomic E-state index is -2.43. The molecule has 35 heavy (non-hydrogen) atoms. The number of pyridine rings is 1. The van der Waals surface area contributed by atoms with Crippen LogP contribution in [0, 0.1) is 0 Å². The highest BCUT2D eigenvalue weighted by molar-refractivity contribution is 6.35. The molecule has 1 aromatic carbocycles. The minimum Gasteiger partial charge on any atom is -0.486 e. The summed E-state index contributed by atoms with van der Waals surface area (Å²) in [5, 5.41) is 17.6.